The average Bonchev–Trinajstić information content (AvgIpc) is 3.16. The van der Waals surface area contributed by atoms with E-state index in [1.807, 2.05) is 0 Å². The van der Waals surface area contributed by atoms with Gasteiger partial charge in [-0.05, 0) is 42.0 Å². The Balaban J connectivity index is 1.94. The van der Waals surface area contributed by atoms with Crippen molar-refractivity contribution in [1.82, 2.24) is 10.2 Å². The normalized spacial score (nSPS) is 17.8. The predicted octanol–water partition coefficient (Wildman–Crippen LogP) is 3.87. The molecular weight excluding hydrogens is 375 g/mol. The van der Waals surface area contributed by atoms with E-state index in [0.29, 0.717) is 33.9 Å². The lowest BCUT2D eigenvalue weighted by Crippen LogP contribution is -2.30. The third kappa shape index (κ3) is 3.17. The Kier molecular flexibility index (Phi) is 4.64. The van der Waals surface area contributed by atoms with Gasteiger partial charge in [-0.1, -0.05) is 0 Å². The van der Waals surface area contributed by atoms with Crippen molar-refractivity contribution in [2.75, 3.05) is 14.2 Å². The van der Waals surface area contributed by atoms with E-state index in [4.69, 9.17) is 19.6 Å². The molecule has 0 saturated carbocycles. The maximum atomic E-state index is 13.4. The van der Waals surface area contributed by atoms with Crippen molar-refractivity contribution in [2.24, 2.45) is 5.92 Å². The van der Waals surface area contributed by atoms with Crippen LogP contribution >= 0.6 is 0 Å². The Morgan fingerprint density at radius 3 is 2.38 bits per heavy atom. The van der Waals surface area contributed by atoms with Gasteiger partial charge in [-0.3, -0.25) is 10.5 Å². The number of hydrogen-bond donors (Lipinski definition) is 2. The quantitative estimate of drug-likeness (QED) is 0.701. The molecule has 2 heterocycles. The van der Waals surface area contributed by atoms with Crippen molar-refractivity contribution < 1.29 is 18.6 Å². The Morgan fingerprint density at radius 1 is 1.14 bits per heavy atom. The van der Waals surface area contributed by atoms with Crippen molar-refractivity contribution in [1.29, 1.82) is 10.7 Å². The molecule has 2 unspecified atom stereocenters. The molecule has 8 heteroatoms. The lowest BCUT2D eigenvalue weighted by atomic mass is 9.78. The van der Waals surface area contributed by atoms with Crippen LogP contribution in [0.5, 0.6) is 17.4 Å². The highest BCUT2D eigenvalue weighted by atomic mass is 19.1. The number of benzene rings is 2. The van der Waals surface area contributed by atoms with Crippen molar-refractivity contribution in [3.05, 3.63) is 59.4 Å². The number of aromatic nitrogens is 2. The summed E-state index contributed by atoms with van der Waals surface area (Å²) in [6.07, 6.45) is 0. The molecule has 0 bridgehead atoms. The first-order chi connectivity index (χ1) is 14.0. The molecule has 146 valence electrons. The number of ether oxygens (including phenoxy) is 3. The monoisotopic (exact) mass is 392 g/mol. The fourth-order valence-electron chi connectivity index (χ4n) is 3.52. The zero-order chi connectivity index (χ0) is 20.5. The molecule has 0 aliphatic carbocycles. The zero-order valence-corrected chi connectivity index (χ0v) is 15.7. The molecule has 0 amide bonds. The highest BCUT2D eigenvalue weighted by molar-refractivity contribution is 5.86. The molecule has 3 aromatic rings. The molecular formula is C21H17FN4O3. The number of H-pyrrole nitrogens is 1. The molecule has 0 fully saturated rings. The third-order valence-electron chi connectivity index (χ3n) is 4.91. The smallest absolute Gasteiger partial charge is 0.244 e. The maximum Gasteiger partial charge on any atom is 0.244 e. The number of nitrogens with one attached hydrogen (secondary N) is 2. The number of rotatable bonds is 4. The minimum atomic E-state index is -0.879. The molecule has 2 aromatic carbocycles. The van der Waals surface area contributed by atoms with E-state index in [1.165, 1.54) is 12.1 Å². The average molecular weight is 392 g/mol. The van der Waals surface area contributed by atoms with Gasteiger partial charge in [0.05, 0.1) is 31.5 Å². The van der Waals surface area contributed by atoms with Crippen LogP contribution in [0.2, 0.25) is 0 Å². The van der Waals surface area contributed by atoms with Crippen LogP contribution in [0, 0.1) is 28.5 Å². The summed E-state index contributed by atoms with van der Waals surface area (Å²) in [5, 5.41) is 25.1. The van der Waals surface area contributed by atoms with Gasteiger partial charge in [0.15, 0.2) is 0 Å². The molecule has 0 saturated heterocycles. The molecule has 0 spiro atoms. The third-order valence-corrected chi connectivity index (χ3v) is 4.91. The minimum Gasteiger partial charge on any atom is -0.497 e. The summed E-state index contributed by atoms with van der Waals surface area (Å²) in [7, 11) is 3.08. The molecule has 29 heavy (non-hydrogen) atoms. The molecule has 1 aliphatic heterocycles. The maximum absolute atomic E-state index is 13.4. The van der Waals surface area contributed by atoms with Crippen LogP contribution in [0.3, 0.4) is 0 Å². The number of halogens is 1. The van der Waals surface area contributed by atoms with Crippen molar-refractivity contribution in [2.45, 2.75) is 5.92 Å². The molecule has 0 radical (unpaired) electrons. The van der Waals surface area contributed by atoms with E-state index in [2.05, 4.69) is 16.3 Å². The second-order valence-corrected chi connectivity index (χ2v) is 6.52. The zero-order valence-electron chi connectivity index (χ0n) is 15.7. The van der Waals surface area contributed by atoms with Crippen molar-refractivity contribution in [3.63, 3.8) is 0 Å². The molecule has 1 aliphatic rings. The van der Waals surface area contributed by atoms with Gasteiger partial charge in [-0.25, -0.2) is 4.39 Å². The van der Waals surface area contributed by atoms with Crippen molar-refractivity contribution >= 4 is 5.90 Å². The van der Waals surface area contributed by atoms with Crippen LogP contribution in [-0.4, -0.2) is 30.3 Å². The first-order valence-electron chi connectivity index (χ1n) is 8.78. The van der Waals surface area contributed by atoms with E-state index in [0.717, 1.165) is 0 Å². The Morgan fingerprint density at radius 2 is 1.79 bits per heavy atom. The van der Waals surface area contributed by atoms with Gasteiger partial charge in [0.2, 0.25) is 11.8 Å². The Hall–Kier alpha value is -3.86. The Labute approximate surface area is 166 Å². The lowest BCUT2D eigenvalue weighted by Gasteiger charge is -2.28. The fourth-order valence-corrected chi connectivity index (χ4v) is 3.52. The predicted molar refractivity (Wildman–Crippen MR) is 103 cm³/mol. The van der Waals surface area contributed by atoms with E-state index in [1.54, 1.807) is 44.6 Å². The highest BCUT2D eigenvalue weighted by Gasteiger charge is 2.41. The van der Waals surface area contributed by atoms with Gasteiger partial charge in [0.1, 0.15) is 23.2 Å². The van der Waals surface area contributed by atoms with Gasteiger partial charge < -0.3 is 14.2 Å². The van der Waals surface area contributed by atoms with Crippen LogP contribution in [-0.2, 0) is 0 Å². The minimum absolute atomic E-state index is 0.191. The fraction of sp³-hybridized carbons (Fsp3) is 0.190. The molecule has 4 rings (SSSR count). The number of aromatic amines is 1. The van der Waals surface area contributed by atoms with Gasteiger partial charge in [0, 0.05) is 17.5 Å². The van der Waals surface area contributed by atoms with Crippen LogP contribution in [0.25, 0.3) is 11.3 Å². The number of nitrogens with zero attached hydrogens (tertiary/aromatic N) is 2. The standard InChI is InChI=1S/C21H17FN4O3/c1-27-14-7-12(8-15(9-14)28-2)17-16(10-23)20(24)29-21-18(17)19(25-26-21)11-3-5-13(22)6-4-11/h3-9,16-17,24H,1-2H3,(H,25,26). The van der Waals surface area contributed by atoms with E-state index in [9.17, 15) is 9.65 Å². The first-order valence-corrected chi connectivity index (χ1v) is 8.78. The van der Waals surface area contributed by atoms with Crippen LogP contribution in [0.1, 0.15) is 17.0 Å². The van der Waals surface area contributed by atoms with Crippen molar-refractivity contribution in [3.8, 4) is 34.7 Å². The summed E-state index contributed by atoms with van der Waals surface area (Å²) in [6.45, 7) is 0. The summed E-state index contributed by atoms with van der Waals surface area (Å²) in [5.74, 6) is -0.652. The summed E-state index contributed by atoms with van der Waals surface area (Å²) in [5.41, 5.74) is 2.62. The largest absolute Gasteiger partial charge is 0.497 e. The van der Waals surface area contributed by atoms with Crippen LogP contribution < -0.4 is 14.2 Å². The lowest BCUT2D eigenvalue weighted by molar-refractivity contribution is 0.391. The van der Waals surface area contributed by atoms with Gasteiger partial charge >= 0.3 is 0 Å². The molecule has 7 nitrogen and oxygen atoms in total. The van der Waals surface area contributed by atoms with Crippen LogP contribution in [0.15, 0.2) is 42.5 Å². The SMILES string of the molecule is COc1cc(OC)cc(C2c3c(n[nH]c3-c3ccc(F)cc3)OC(=N)C2C#N)c1. The van der Waals surface area contributed by atoms with Gasteiger partial charge in [-0.2, -0.15) is 5.26 Å². The van der Waals surface area contributed by atoms with E-state index in [-0.39, 0.29) is 17.6 Å². The van der Waals surface area contributed by atoms with Crippen LogP contribution in [0.4, 0.5) is 4.39 Å². The number of nitriles is 1. The molecule has 2 atom stereocenters. The second-order valence-electron chi connectivity index (χ2n) is 6.52. The number of fused-ring (bicyclic) bond motifs is 1. The topological polar surface area (TPSA) is 104 Å². The summed E-state index contributed by atoms with van der Waals surface area (Å²) in [4.78, 5) is 0. The first kappa shape index (κ1) is 18.5. The summed E-state index contributed by atoms with van der Waals surface area (Å²) >= 11 is 0. The Bertz CT molecular complexity index is 1100. The number of hydrogen-bond acceptors (Lipinski definition) is 6. The van der Waals surface area contributed by atoms with E-state index < -0.39 is 11.8 Å². The van der Waals surface area contributed by atoms with Gasteiger partial charge in [-0.15, -0.1) is 5.10 Å². The summed E-state index contributed by atoms with van der Waals surface area (Å²) < 4.78 is 29.6. The number of methoxy groups -OCH3 is 2. The highest BCUT2D eigenvalue weighted by Crippen LogP contribution is 2.46. The van der Waals surface area contributed by atoms with Gasteiger partial charge in [0.25, 0.3) is 0 Å². The van der Waals surface area contributed by atoms with E-state index >= 15 is 0 Å². The molecule has 1 aromatic heterocycles. The molecule has 2 N–H and O–H groups in total. The second kappa shape index (κ2) is 7.28. The summed E-state index contributed by atoms with van der Waals surface area (Å²) in [6, 6.07) is 13.4.